The number of para-hydroxylation sites is 1. The Hall–Kier alpha value is -1.64. The molecular formula is C21H33N2O. The molecule has 0 atom stereocenters. The van der Waals surface area contributed by atoms with Gasteiger partial charge in [0.25, 0.3) is 0 Å². The zero-order chi connectivity index (χ0) is 17.6. The summed E-state index contributed by atoms with van der Waals surface area (Å²) < 4.78 is 0. The van der Waals surface area contributed by atoms with Gasteiger partial charge >= 0.3 is 0 Å². The van der Waals surface area contributed by atoms with Crippen LogP contribution >= 0.6 is 0 Å². The number of rotatable bonds is 13. The maximum absolute atomic E-state index is 12.2. The minimum atomic E-state index is -0.0605. The summed E-state index contributed by atoms with van der Waals surface area (Å²) in [5.74, 6) is -0.0605. The van der Waals surface area contributed by atoms with Crippen LogP contribution in [0.25, 0.3) is 0 Å². The molecule has 133 valence electrons. The summed E-state index contributed by atoms with van der Waals surface area (Å²) in [6, 6.07) is 9.54. The second kappa shape index (κ2) is 12.7. The van der Waals surface area contributed by atoms with Gasteiger partial charge < -0.3 is 4.90 Å². The van der Waals surface area contributed by atoms with Crippen LogP contribution in [-0.4, -0.2) is 18.7 Å². The molecule has 0 spiro atoms. The molecule has 24 heavy (non-hydrogen) atoms. The third-order valence-electron chi connectivity index (χ3n) is 4.44. The molecule has 0 aliphatic carbocycles. The van der Waals surface area contributed by atoms with Crippen molar-refractivity contribution in [2.24, 2.45) is 0 Å². The Morgan fingerprint density at radius 3 is 2.04 bits per heavy atom. The highest BCUT2D eigenvalue weighted by Crippen LogP contribution is 2.14. The fourth-order valence-corrected chi connectivity index (χ4v) is 2.82. The second-order valence-corrected chi connectivity index (χ2v) is 6.61. The first-order chi connectivity index (χ1) is 11.6. The molecule has 3 nitrogen and oxygen atoms in total. The zero-order valence-corrected chi connectivity index (χ0v) is 15.5. The lowest BCUT2D eigenvalue weighted by molar-refractivity contribution is -0.117. The molecule has 3 heteroatoms. The van der Waals surface area contributed by atoms with Crippen LogP contribution in [0.4, 0.5) is 5.69 Å². The maximum Gasteiger partial charge on any atom is 0.232 e. The molecule has 0 fully saturated rings. The molecule has 1 aromatic carbocycles. The number of carbonyl (C=O) groups is 1. The van der Waals surface area contributed by atoms with Gasteiger partial charge in [0.1, 0.15) is 0 Å². The Morgan fingerprint density at radius 1 is 0.917 bits per heavy atom. The minimum Gasteiger partial charge on any atom is -0.315 e. The van der Waals surface area contributed by atoms with Crippen molar-refractivity contribution in [3.63, 3.8) is 0 Å². The summed E-state index contributed by atoms with van der Waals surface area (Å²) in [4.78, 5) is 13.8. The van der Waals surface area contributed by atoms with E-state index in [1.807, 2.05) is 30.3 Å². The highest BCUT2D eigenvalue weighted by molar-refractivity contribution is 6.06. The van der Waals surface area contributed by atoms with Crippen molar-refractivity contribution < 1.29 is 4.79 Å². The lowest BCUT2D eigenvalue weighted by atomic mass is 10.0. The Morgan fingerprint density at radius 2 is 1.46 bits per heavy atom. The fourth-order valence-electron chi connectivity index (χ4n) is 2.82. The van der Waals surface area contributed by atoms with E-state index in [0.717, 1.165) is 18.5 Å². The second-order valence-electron chi connectivity index (χ2n) is 6.61. The monoisotopic (exact) mass is 329 g/mol. The number of benzene rings is 1. The Bertz CT molecular complexity index is 470. The van der Waals surface area contributed by atoms with E-state index >= 15 is 0 Å². The zero-order valence-electron chi connectivity index (χ0n) is 15.5. The minimum absolute atomic E-state index is 0.0605. The number of hydrogen-bond donors (Lipinski definition) is 0. The van der Waals surface area contributed by atoms with Crippen molar-refractivity contribution in [1.82, 2.24) is 5.41 Å². The molecular weight excluding hydrogens is 296 g/mol. The Kier molecular flexibility index (Phi) is 10.8. The van der Waals surface area contributed by atoms with Gasteiger partial charge in [-0.3, -0.25) is 4.79 Å². The van der Waals surface area contributed by atoms with E-state index in [2.05, 4.69) is 6.92 Å². The van der Waals surface area contributed by atoms with Crippen LogP contribution in [0, 0.1) is 0 Å². The molecule has 0 unspecified atom stereocenters. The first-order valence-corrected chi connectivity index (χ1v) is 9.50. The standard InChI is InChI=1S/C21H33N2O/c1-3-4-5-6-7-8-9-10-12-15-19(22)18-21(24)23(2)20-16-13-11-14-17-20/h11,13-14,16-17H,3-10,12,15,18H2,1-2H3. The first kappa shape index (κ1) is 20.4. The van der Waals surface area contributed by atoms with Gasteiger partial charge in [-0.2, -0.15) is 5.41 Å². The topological polar surface area (TPSA) is 42.6 Å². The van der Waals surface area contributed by atoms with E-state index in [0.29, 0.717) is 12.1 Å². The molecule has 1 amide bonds. The first-order valence-electron chi connectivity index (χ1n) is 9.50. The van der Waals surface area contributed by atoms with E-state index in [4.69, 9.17) is 0 Å². The fraction of sp³-hybridized carbons (Fsp3) is 0.619. The number of carbonyl (C=O) groups excluding carboxylic acids is 1. The van der Waals surface area contributed by atoms with Crippen LogP contribution in [0.5, 0.6) is 0 Å². The van der Waals surface area contributed by atoms with E-state index in [-0.39, 0.29) is 12.3 Å². The smallest absolute Gasteiger partial charge is 0.232 e. The molecule has 0 aromatic heterocycles. The summed E-state index contributed by atoms with van der Waals surface area (Å²) in [5.41, 5.74) is 1.17. The highest BCUT2D eigenvalue weighted by Gasteiger charge is 2.13. The molecule has 1 aromatic rings. The van der Waals surface area contributed by atoms with Gasteiger partial charge in [0.2, 0.25) is 5.91 Å². The predicted octanol–water partition coefficient (Wildman–Crippen LogP) is 5.20. The van der Waals surface area contributed by atoms with E-state index in [9.17, 15) is 10.2 Å². The van der Waals surface area contributed by atoms with Gasteiger partial charge in [0, 0.05) is 18.4 Å². The summed E-state index contributed by atoms with van der Waals surface area (Å²) in [6.07, 6.45) is 12.1. The lowest BCUT2D eigenvalue weighted by Gasteiger charge is -2.17. The highest BCUT2D eigenvalue weighted by atomic mass is 16.2. The largest absolute Gasteiger partial charge is 0.315 e. The quantitative estimate of drug-likeness (QED) is 0.362. The van der Waals surface area contributed by atoms with Gasteiger partial charge in [-0.25, -0.2) is 0 Å². The molecule has 0 aliphatic heterocycles. The molecule has 0 saturated carbocycles. The molecule has 0 heterocycles. The van der Waals surface area contributed by atoms with Gasteiger partial charge in [-0.15, -0.1) is 0 Å². The molecule has 1 rings (SSSR count). The molecule has 1 radical (unpaired) electrons. The normalized spacial score (nSPS) is 10.6. The summed E-state index contributed by atoms with van der Waals surface area (Å²) in [5, 5.41) is 9.98. The van der Waals surface area contributed by atoms with Crippen molar-refractivity contribution >= 4 is 17.3 Å². The SMILES string of the molecule is CCCCCCCCCCCC(=[N])CC(=O)N(C)c1ccccc1. The van der Waals surface area contributed by atoms with Crippen LogP contribution in [0.2, 0.25) is 0 Å². The summed E-state index contributed by atoms with van der Waals surface area (Å²) in [7, 11) is 1.75. The third kappa shape index (κ3) is 8.85. The number of unbranched alkanes of at least 4 members (excludes halogenated alkanes) is 8. The molecule has 0 N–H and O–H groups in total. The molecule has 0 saturated heterocycles. The Labute approximate surface area is 148 Å². The van der Waals surface area contributed by atoms with Gasteiger partial charge in [0.15, 0.2) is 0 Å². The summed E-state index contributed by atoms with van der Waals surface area (Å²) in [6.45, 7) is 2.24. The van der Waals surface area contributed by atoms with Crippen molar-refractivity contribution in [3.05, 3.63) is 30.3 Å². The number of hydrogen-bond acceptors (Lipinski definition) is 1. The van der Waals surface area contributed by atoms with E-state index < -0.39 is 0 Å². The number of amides is 1. The van der Waals surface area contributed by atoms with Crippen LogP contribution in [-0.2, 0) is 4.79 Å². The lowest BCUT2D eigenvalue weighted by Crippen LogP contribution is -2.28. The average Bonchev–Trinajstić information content (AvgIpc) is 2.60. The molecule has 0 bridgehead atoms. The van der Waals surface area contributed by atoms with Crippen LogP contribution in [0.1, 0.15) is 77.6 Å². The molecule has 0 aliphatic rings. The van der Waals surface area contributed by atoms with Gasteiger partial charge in [-0.1, -0.05) is 76.5 Å². The van der Waals surface area contributed by atoms with Crippen molar-refractivity contribution in [3.8, 4) is 0 Å². The number of anilines is 1. The maximum atomic E-state index is 12.2. The van der Waals surface area contributed by atoms with Gasteiger partial charge in [0.05, 0.1) is 6.42 Å². The summed E-state index contributed by atoms with van der Waals surface area (Å²) >= 11 is 0. The average molecular weight is 330 g/mol. The predicted molar refractivity (Wildman–Crippen MR) is 103 cm³/mol. The third-order valence-corrected chi connectivity index (χ3v) is 4.44. The Balaban J connectivity index is 2.08. The van der Waals surface area contributed by atoms with Crippen LogP contribution < -0.4 is 10.3 Å². The van der Waals surface area contributed by atoms with Crippen molar-refractivity contribution in [2.45, 2.75) is 77.6 Å². The van der Waals surface area contributed by atoms with Gasteiger partial charge in [-0.05, 0) is 25.0 Å². The van der Waals surface area contributed by atoms with E-state index in [1.54, 1.807) is 11.9 Å². The van der Waals surface area contributed by atoms with Crippen LogP contribution in [0.3, 0.4) is 0 Å². The van der Waals surface area contributed by atoms with E-state index in [1.165, 1.54) is 44.9 Å². The van der Waals surface area contributed by atoms with Crippen molar-refractivity contribution in [1.29, 1.82) is 0 Å². The van der Waals surface area contributed by atoms with Crippen molar-refractivity contribution in [2.75, 3.05) is 11.9 Å². The number of nitrogens with zero attached hydrogens (tertiary/aromatic N) is 2. The van der Waals surface area contributed by atoms with Crippen LogP contribution in [0.15, 0.2) is 30.3 Å².